The highest BCUT2D eigenvalue weighted by atomic mass is 127. The lowest BCUT2D eigenvalue weighted by atomic mass is 9.67. The summed E-state index contributed by atoms with van der Waals surface area (Å²) < 4.78 is 0. The molecule has 0 bridgehead atoms. The quantitative estimate of drug-likeness (QED) is 0.431. The molecule has 2 aliphatic carbocycles. The van der Waals surface area contributed by atoms with Crippen LogP contribution >= 0.6 is 24.0 Å². The zero-order valence-electron chi connectivity index (χ0n) is 11.8. The van der Waals surface area contributed by atoms with Crippen molar-refractivity contribution in [3.05, 3.63) is 0 Å². The number of rotatable bonds is 6. The Morgan fingerprint density at radius 2 is 2.00 bits per heavy atom. The number of halogens is 1. The van der Waals surface area contributed by atoms with Gasteiger partial charge in [0.2, 0.25) is 0 Å². The molecular weight excluding hydrogens is 337 g/mol. The van der Waals surface area contributed by atoms with Crippen LogP contribution in [0, 0.1) is 11.3 Å². The fourth-order valence-corrected chi connectivity index (χ4v) is 2.63. The van der Waals surface area contributed by atoms with E-state index in [1.807, 2.05) is 7.05 Å². The number of aliphatic imine (C=N–C) groups is 1. The van der Waals surface area contributed by atoms with Crippen molar-refractivity contribution in [1.82, 2.24) is 10.6 Å². The molecule has 0 aromatic carbocycles. The van der Waals surface area contributed by atoms with Crippen LogP contribution < -0.4 is 10.6 Å². The van der Waals surface area contributed by atoms with E-state index in [1.165, 1.54) is 44.9 Å². The van der Waals surface area contributed by atoms with Gasteiger partial charge in [0.25, 0.3) is 0 Å². The van der Waals surface area contributed by atoms with Gasteiger partial charge in [0.1, 0.15) is 0 Å². The van der Waals surface area contributed by atoms with Crippen LogP contribution in [0.15, 0.2) is 4.99 Å². The lowest BCUT2D eigenvalue weighted by Gasteiger charge is -2.41. The molecule has 2 N–H and O–H groups in total. The van der Waals surface area contributed by atoms with Crippen molar-refractivity contribution >= 4 is 29.9 Å². The first-order valence-corrected chi connectivity index (χ1v) is 7.22. The van der Waals surface area contributed by atoms with Crippen molar-refractivity contribution in [3.8, 4) is 0 Å². The zero-order chi connectivity index (χ0) is 12.1. The highest BCUT2D eigenvalue weighted by molar-refractivity contribution is 14.0. The number of hydrogen-bond donors (Lipinski definition) is 2. The summed E-state index contributed by atoms with van der Waals surface area (Å²) in [4.78, 5) is 4.30. The lowest BCUT2D eigenvalue weighted by molar-refractivity contribution is 0.131. The van der Waals surface area contributed by atoms with Gasteiger partial charge in [0.15, 0.2) is 5.96 Å². The van der Waals surface area contributed by atoms with Crippen LogP contribution in [-0.4, -0.2) is 26.1 Å². The molecule has 0 spiro atoms. The average Bonchev–Trinajstić information content (AvgIpc) is 3.09. The van der Waals surface area contributed by atoms with E-state index in [-0.39, 0.29) is 24.0 Å². The second-order valence-corrected chi connectivity index (χ2v) is 5.79. The highest BCUT2D eigenvalue weighted by Gasteiger charge is 2.34. The van der Waals surface area contributed by atoms with Crippen LogP contribution in [-0.2, 0) is 0 Å². The van der Waals surface area contributed by atoms with E-state index in [1.54, 1.807) is 0 Å². The largest absolute Gasteiger partial charge is 0.356 e. The third-order valence-corrected chi connectivity index (χ3v) is 4.56. The van der Waals surface area contributed by atoms with Crippen molar-refractivity contribution in [2.45, 2.75) is 51.9 Å². The number of guanidine groups is 1. The Balaban J connectivity index is 0.00000162. The normalized spacial score (nSPS) is 21.8. The molecule has 4 heteroatoms. The van der Waals surface area contributed by atoms with E-state index in [9.17, 15) is 0 Å². The Hall–Kier alpha value is 0. The van der Waals surface area contributed by atoms with Gasteiger partial charge >= 0.3 is 0 Å². The summed E-state index contributed by atoms with van der Waals surface area (Å²) in [5.74, 6) is 1.99. The third-order valence-electron chi connectivity index (χ3n) is 4.56. The van der Waals surface area contributed by atoms with Crippen LogP contribution in [0.5, 0.6) is 0 Å². The molecule has 0 aliphatic heterocycles. The molecule has 2 aliphatic rings. The van der Waals surface area contributed by atoms with E-state index >= 15 is 0 Å². The molecule has 0 saturated heterocycles. The maximum atomic E-state index is 4.30. The van der Waals surface area contributed by atoms with E-state index in [2.05, 4.69) is 22.5 Å². The molecule has 0 aromatic rings. The fraction of sp³-hybridized carbons (Fsp3) is 0.929. The van der Waals surface area contributed by atoms with E-state index in [4.69, 9.17) is 0 Å². The van der Waals surface area contributed by atoms with Crippen molar-refractivity contribution in [3.63, 3.8) is 0 Å². The SMILES string of the molecule is CCC1(CNC(=NC)NCCC2CC2)CCC1.I. The zero-order valence-corrected chi connectivity index (χ0v) is 14.1. The molecule has 0 aromatic heterocycles. The molecule has 2 saturated carbocycles. The van der Waals surface area contributed by atoms with Crippen LogP contribution in [0.2, 0.25) is 0 Å². The van der Waals surface area contributed by atoms with Gasteiger partial charge in [0.05, 0.1) is 0 Å². The number of nitrogens with zero attached hydrogens (tertiary/aromatic N) is 1. The number of hydrogen-bond acceptors (Lipinski definition) is 1. The smallest absolute Gasteiger partial charge is 0.190 e. The Bertz CT molecular complexity index is 265. The van der Waals surface area contributed by atoms with Crippen molar-refractivity contribution in [1.29, 1.82) is 0 Å². The lowest BCUT2D eigenvalue weighted by Crippen LogP contribution is -2.46. The first-order valence-electron chi connectivity index (χ1n) is 7.22. The molecule has 2 rings (SSSR count). The van der Waals surface area contributed by atoms with Crippen molar-refractivity contribution in [2.24, 2.45) is 16.3 Å². The summed E-state index contributed by atoms with van der Waals surface area (Å²) in [5, 5.41) is 6.92. The molecule has 18 heavy (non-hydrogen) atoms. The topological polar surface area (TPSA) is 36.4 Å². The van der Waals surface area contributed by atoms with E-state index < -0.39 is 0 Å². The molecule has 0 radical (unpaired) electrons. The van der Waals surface area contributed by atoms with Crippen LogP contribution in [0.3, 0.4) is 0 Å². The first-order chi connectivity index (χ1) is 8.28. The molecule has 0 atom stereocenters. The number of nitrogens with one attached hydrogen (secondary N) is 2. The van der Waals surface area contributed by atoms with Gasteiger partial charge in [-0.3, -0.25) is 4.99 Å². The fourth-order valence-electron chi connectivity index (χ4n) is 2.63. The summed E-state index contributed by atoms with van der Waals surface area (Å²) in [7, 11) is 1.87. The van der Waals surface area contributed by atoms with E-state index in [0.717, 1.165) is 25.0 Å². The summed E-state index contributed by atoms with van der Waals surface area (Å²) in [6.45, 7) is 4.47. The second kappa shape index (κ2) is 7.56. The summed E-state index contributed by atoms with van der Waals surface area (Å²) in [6.07, 6.45) is 9.65. The summed E-state index contributed by atoms with van der Waals surface area (Å²) >= 11 is 0. The summed E-state index contributed by atoms with van der Waals surface area (Å²) in [5.41, 5.74) is 0.564. The summed E-state index contributed by atoms with van der Waals surface area (Å²) in [6, 6.07) is 0. The Morgan fingerprint density at radius 1 is 1.28 bits per heavy atom. The molecule has 2 fully saturated rings. The Labute approximate surface area is 129 Å². The van der Waals surface area contributed by atoms with Crippen molar-refractivity contribution < 1.29 is 0 Å². The Kier molecular flexibility index (Phi) is 6.74. The monoisotopic (exact) mass is 365 g/mol. The van der Waals surface area contributed by atoms with Crippen LogP contribution in [0.4, 0.5) is 0 Å². The minimum atomic E-state index is 0. The van der Waals surface area contributed by atoms with Gasteiger partial charge in [-0.2, -0.15) is 0 Å². The third kappa shape index (κ3) is 4.59. The second-order valence-electron chi connectivity index (χ2n) is 5.79. The van der Waals surface area contributed by atoms with Gasteiger partial charge in [-0.05, 0) is 37.0 Å². The predicted molar refractivity (Wildman–Crippen MR) is 88.7 cm³/mol. The molecule has 3 nitrogen and oxygen atoms in total. The van der Waals surface area contributed by atoms with Gasteiger partial charge in [-0.25, -0.2) is 0 Å². The highest BCUT2D eigenvalue weighted by Crippen LogP contribution is 2.42. The van der Waals surface area contributed by atoms with Gasteiger partial charge in [-0.1, -0.05) is 26.2 Å². The Morgan fingerprint density at radius 3 is 2.44 bits per heavy atom. The maximum absolute atomic E-state index is 4.30. The van der Waals surface area contributed by atoms with Gasteiger partial charge < -0.3 is 10.6 Å². The average molecular weight is 365 g/mol. The predicted octanol–water partition coefficient (Wildman–Crippen LogP) is 3.15. The van der Waals surface area contributed by atoms with Gasteiger partial charge in [0, 0.05) is 20.1 Å². The minimum absolute atomic E-state index is 0. The molecule has 0 amide bonds. The van der Waals surface area contributed by atoms with Crippen molar-refractivity contribution in [2.75, 3.05) is 20.1 Å². The maximum Gasteiger partial charge on any atom is 0.190 e. The minimum Gasteiger partial charge on any atom is -0.356 e. The molecule has 0 unspecified atom stereocenters. The van der Waals surface area contributed by atoms with Gasteiger partial charge in [-0.15, -0.1) is 24.0 Å². The first kappa shape index (κ1) is 16.1. The van der Waals surface area contributed by atoms with Crippen LogP contribution in [0.25, 0.3) is 0 Å². The molecular formula is C14H28IN3. The van der Waals surface area contributed by atoms with E-state index in [0.29, 0.717) is 5.41 Å². The molecule has 106 valence electrons. The molecule has 0 heterocycles. The van der Waals surface area contributed by atoms with Crippen LogP contribution in [0.1, 0.15) is 51.9 Å². The standard InChI is InChI=1S/C14H27N3.HI/c1-3-14(8-4-9-14)11-17-13(15-2)16-10-7-12-5-6-12;/h12H,3-11H2,1-2H3,(H2,15,16,17);1H.